The number of hydrogen-bond donors (Lipinski definition) is 1. The van der Waals surface area contributed by atoms with Crippen LogP contribution in [0.4, 0.5) is 0 Å². The zero-order valence-corrected chi connectivity index (χ0v) is 14.0. The number of halogens is 1. The van der Waals surface area contributed by atoms with Crippen molar-refractivity contribution in [2.45, 2.75) is 25.9 Å². The quantitative estimate of drug-likeness (QED) is 0.825. The summed E-state index contributed by atoms with van der Waals surface area (Å²) in [6.45, 7) is 7.10. The normalized spacial score (nSPS) is 22.6. The molecule has 0 saturated carbocycles. The molecule has 3 nitrogen and oxygen atoms in total. The Balaban J connectivity index is 1.81. The highest BCUT2D eigenvalue weighted by Crippen LogP contribution is 2.17. The lowest BCUT2D eigenvalue weighted by Gasteiger charge is -2.25. The summed E-state index contributed by atoms with van der Waals surface area (Å²) in [6, 6.07) is 9.08. The molecule has 0 aliphatic carbocycles. The molecule has 0 aromatic heterocycles. The van der Waals surface area contributed by atoms with E-state index < -0.39 is 0 Å². The van der Waals surface area contributed by atoms with Crippen molar-refractivity contribution in [2.75, 3.05) is 33.4 Å². The molecular formula is C16H25BrN2O. The first-order valence-electron chi connectivity index (χ1n) is 7.43. The molecule has 1 aliphatic heterocycles. The van der Waals surface area contributed by atoms with Crippen molar-refractivity contribution in [3.8, 4) is 0 Å². The van der Waals surface area contributed by atoms with Gasteiger partial charge >= 0.3 is 0 Å². The molecule has 1 N–H and O–H groups in total. The highest BCUT2D eigenvalue weighted by Gasteiger charge is 2.28. The Labute approximate surface area is 130 Å². The van der Waals surface area contributed by atoms with Gasteiger partial charge in [0.1, 0.15) is 0 Å². The Kier molecular flexibility index (Phi) is 6.49. The van der Waals surface area contributed by atoms with Crippen molar-refractivity contribution in [3.05, 3.63) is 34.3 Å². The van der Waals surface area contributed by atoms with Crippen LogP contribution in [0.2, 0.25) is 0 Å². The first kappa shape index (κ1) is 16.0. The second kappa shape index (κ2) is 8.13. The average molecular weight is 341 g/mol. The molecule has 1 aliphatic rings. The fourth-order valence-electron chi connectivity index (χ4n) is 2.70. The van der Waals surface area contributed by atoms with E-state index in [0.29, 0.717) is 12.0 Å². The van der Waals surface area contributed by atoms with Crippen molar-refractivity contribution in [1.29, 1.82) is 0 Å². The molecule has 1 heterocycles. The van der Waals surface area contributed by atoms with Gasteiger partial charge in [0.2, 0.25) is 0 Å². The minimum atomic E-state index is 0.516. The summed E-state index contributed by atoms with van der Waals surface area (Å²) in [5, 5.41) is 3.60. The summed E-state index contributed by atoms with van der Waals surface area (Å²) in [6.07, 6.45) is 1.18. The molecule has 4 heteroatoms. The monoisotopic (exact) mass is 340 g/mol. The molecule has 112 valence electrons. The van der Waals surface area contributed by atoms with Crippen LogP contribution in [0.15, 0.2) is 28.7 Å². The van der Waals surface area contributed by atoms with E-state index >= 15 is 0 Å². The van der Waals surface area contributed by atoms with Crippen LogP contribution in [0.1, 0.15) is 18.9 Å². The van der Waals surface area contributed by atoms with Crippen molar-refractivity contribution in [1.82, 2.24) is 10.2 Å². The lowest BCUT2D eigenvalue weighted by atomic mass is 10.0. The van der Waals surface area contributed by atoms with E-state index in [9.17, 15) is 0 Å². The largest absolute Gasteiger partial charge is 0.379 e. The maximum atomic E-state index is 5.64. The van der Waals surface area contributed by atoms with Gasteiger partial charge in [-0.2, -0.15) is 0 Å². The standard InChI is InChI=1S/C16H25BrN2O/c1-3-8-18-16-12-20-11-14(16)10-19(2)9-13-4-6-15(17)7-5-13/h4-7,14,16,18H,3,8-12H2,1-2H3. The second-order valence-electron chi connectivity index (χ2n) is 5.68. The Bertz CT molecular complexity index is 396. The van der Waals surface area contributed by atoms with Crippen molar-refractivity contribution < 1.29 is 4.74 Å². The lowest BCUT2D eigenvalue weighted by Crippen LogP contribution is -2.40. The van der Waals surface area contributed by atoms with Gasteiger partial charge in [0.25, 0.3) is 0 Å². The van der Waals surface area contributed by atoms with Gasteiger partial charge < -0.3 is 15.0 Å². The number of nitrogens with one attached hydrogen (secondary N) is 1. The maximum Gasteiger partial charge on any atom is 0.0623 e. The molecule has 1 aromatic rings. The first-order chi connectivity index (χ1) is 9.69. The van der Waals surface area contributed by atoms with Crippen LogP contribution in [0.25, 0.3) is 0 Å². The van der Waals surface area contributed by atoms with Gasteiger partial charge in [0.05, 0.1) is 13.2 Å². The third-order valence-corrected chi connectivity index (χ3v) is 4.30. The molecule has 0 amide bonds. The van der Waals surface area contributed by atoms with Crippen LogP contribution in [0.5, 0.6) is 0 Å². The van der Waals surface area contributed by atoms with Crippen molar-refractivity contribution in [3.63, 3.8) is 0 Å². The van der Waals surface area contributed by atoms with E-state index in [0.717, 1.165) is 37.3 Å². The smallest absolute Gasteiger partial charge is 0.0623 e. The fraction of sp³-hybridized carbons (Fsp3) is 0.625. The van der Waals surface area contributed by atoms with Crippen LogP contribution in [-0.4, -0.2) is 44.3 Å². The molecule has 20 heavy (non-hydrogen) atoms. The van der Waals surface area contributed by atoms with E-state index in [-0.39, 0.29) is 0 Å². The van der Waals surface area contributed by atoms with Crippen molar-refractivity contribution >= 4 is 15.9 Å². The molecule has 2 unspecified atom stereocenters. The van der Waals surface area contributed by atoms with E-state index in [1.807, 2.05) is 0 Å². The fourth-order valence-corrected chi connectivity index (χ4v) is 2.96. The zero-order chi connectivity index (χ0) is 14.4. The summed E-state index contributed by atoms with van der Waals surface area (Å²) in [4.78, 5) is 2.39. The number of nitrogens with zero attached hydrogens (tertiary/aromatic N) is 1. The van der Waals surface area contributed by atoms with Crippen molar-refractivity contribution in [2.24, 2.45) is 5.92 Å². The summed E-state index contributed by atoms with van der Waals surface area (Å²) >= 11 is 3.48. The van der Waals surface area contributed by atoms with Crippen LogP contribution in [-0.2, 0) is 11.3 Å². The molecule has 2 rings (SSSR count). The molecular weight excluding hydrogens is 316 g/mol. The minimum Gasteiger partial charge on any atom is -0.379 e. The van der Waals surface area contributed by atoms with Gasteiger partial charge in [-0.1, -0.05) is 35.0 Å². The molecule has 1 saturated heterocycles. The summed E-state index contributed by atoms with van der Waals surface area (Å²) < 4.78 is 6.77. The molecule has 0 radical (unpaired) electrons. The lowest BCUT2D eigenvalue weighted by molar-refractivity contribution is 0.172. The summed E-state index contributed by atoms with van der Waals surface area (Å²) in [5.41, 5.74) is 1.35. The highest BCUT2D eigenvalue weighted by atomic mass is 79.9. The third-order valence-electron chi connectivity index (χ3n) is 3.77. The number of benzene rings is 1. The van der Waals surface area contributed by atoms with Gasteiger partial charge in [-0.15, -0.1) is 0 Å². The van der Waals surface area contributed by atoms with Gasteiger partial charge in [-0.3, -0.25) is 0 Å². The predicted molar refractivity (Wildman–Crippen MR) is 86.9 cm³/mol. The van der Waals surface area contributed by atoms with E-state index in [4.69, 9.17) is 4.74 Å². The topological polar surface area (TPSA) is 24.5 Å². The van der Waals surface area contributed by atoms with E-state index in [1.54, 1.807) is 0 Å². The first-order valence-corrected chi connectivity index (χ1v) is 8.22. The molecule has 0 bridgehead atoms. The van der Waals surface area contributed by atoms with Gasteiger partial charge in [-0.25, -0.2) is 0 Å². The van der Waals surface area contributed by atoms with E-state index in [2.05, 4.69) is 64.4 Å². The molecule has 1 fully saturated rings. The van der Waals surface area contributed by atoms with Crippen LogP contribution in [0, 0.1) is 5.92 Å². The Morgan fingerprint density at radius 3 is 2.75 bits per heavy atom. The Hall–Kier alpha value is -0.420. The number of hydrogen-bond acceptors (Lipinski definition) is 3. The second-order valence-corrected chi connectivity index (χ2v) is 6.60. The SMILES string of the molecule is CCCNC1COCC1CN(C)Cc1ccc(Br)cc1. The number of ether oxygens (including phenoxy) is 1. The highest BCUT2D eigenvalue weighted by molar-refractivity contribution is 9.10. The van der Waals surface area contributed by atoms with E-state index in [1.165, 1.54) is 12.0 Å². The van der Waals surface area contributed by atoms with Gasteiger partial charge in [-0.05, 0) is 37.7 Å². The van der Waals surface area contributed by atoms with Gasteiger partial charge in [0, 0.05) is 29.5 Å². The zero-order valence-electron chi connectivity index (χ0n) is 12.4. The minimum absolute atomic E-state index is 0.516. The summed E-state index contributed by atoms with van der Waals surface area (Å²) in [5.74, 6) is 0.599. The molecule has 0 spiro atoms. The van der Waals surface area contributed by atoms with Gasteiger partial charge in [0.15, 0.2) is 0 Å². The van der Waals surface area contributed by atoms with Crippen LogP contribution < -0.4 is 5.32 Å². The Morgan fingerprint density at radius 2 is 2.05 bits per heavy atom. The predicted octanol–water partition coefficient (Wildman–Crippen LogP) is 2.90. The summed E-state index contributed by atoms with van der Waals surface area (Å²) in [7, 11) is 2.19. The Morgan fingerprint density at radius 1 is 1.30 bits per heavy atom. The van der Waals surface area contributed by atoms with Crippen LogP contribution in [0.3, 0.4) is 0 Å². The van der Waals surface area contributed by atoms with Crippen LogP contribution >= 0.6 is 15.9 Å². The average Bonchev–Trinajstić information content (AvgIpc) is 2.86. The third kappa shape index (κ3) is 4.85. The molecule has 1 aromatic carbocycles. The number of rotatable bonds is 7. The molecule has 2 atom stereocenters. The maximum absolute atomic E-state index is 5.64.